The predicted octanol–water partition coefficient (Wildman–Crippen LogP) is 3.78. The molecule has 2 heterocycles. The standard InChI is InChI=1S/C28H37N3O4/c1-5-30(6-2)16-14-29-27(32)25-20-11-9-10-12-21(20)28(33)31-15-13-19-17-23(34-7-3)24(35-8-4)18-22(19)26(25)31/h9-12,17-18,25-26H,5-8,13-16H2,1-4H3,(H,29,32)/t25-,26-/m1/s1. The van der Waals surface area contributed by atoms with Crippen LogP contribution >= 0.6 is 0 Å². The van der Waals surface area contributed by atoms with Gasteiger partial charge in [-0.05, 0) is 68.2 Å². The van der Waals surface area contributed by atoms with Crippen molar-refractivity contribution in [3.05, 3.63) is 58.7 Å². The van der Waals surface area contributed by atoms with Crippen LogP contribution in [-0.2, 0) is 11.2 Å². The van der Waals surface area contributed by atoms with E-state index in [9.17, 15) is 9.59 Å². The highest BCUT2D eigenvalue weighted by Crippen LogP contribution is 2.48. The van der Waals surface area contributed by atoms with Crippen LogP contribution in [0, 0.1) is 0 Å². The zero-order valence-corrected chi connectivity index (χ0v) is 21.3. The predicted molar refractivity (Wildman–Crippen MR) is 136 cm³/mol. The van der Waals surface area contributed by atoms with Gasteiger partial charge in [-0.15, -0.1) is 0 Å². The Morgan fingerprint density at radius 3 is 2.40 bits per heavy atom. The molecule has 0 spiro atoms. The molecule has 4 rings (SSSR count). The summed E-state index contributed by atoms with van der Waals surface area (Å²) in [6, 6.07) is 11.2. The normalized spacial score (nSPS) is 18.5. The summed E-state index contributed by atoms with van der Waals surface area (Å²) in [6.45, 7) is 13.0. The van der Waals surface area contributed by atoms with Crippen molar-refractivity contribution in [1.29, 1.82) is 0 Å². The van der Waals surface area contributed by atoms with E-state index in [4.69, 9.17) is 9.47 Å². The number of likely N-dealkylation sites (N-methyl/N-ethyl adjacent to an activating group) is 1. The fourth-order valence-electron chi connectivity index (χ4n) is 5.34. The van der Waals surface area contributed by atoms with Crippen molar-refractivity contribution in [1.82, 2.24) is 15.1 Å². The van der Waals surface area contributed by atoms with E-state index in [-0.39, 0.29) is 17.9 Å². The van der Waals surface area contributed by atoms with Crippen molar-refractivity contribution in [2.75, 3.05) is 45.9 Å². The lowest BCUT2D eigenvalue weighted by Crippen LogP contribution is -2.50. The lowest BCUT2D eigenvalue weighted by atomic mass is 9.75. The van der Waals surface area contributed by atoms with Crippen molar-refractivity contribution in [2.24, 2.45) is 0 Å². The number of fused-ring (bicyclic) bond motifs is 4. The summed E-state index contributed by atoms with van der Waals surface area (Å²) in [5.41, 5.74) is 3.48. The summed E-state index contributed by atoms with van der Waals surface area (Å²) in [5, 5.41) is 3.17. The molecule has 188 valence electrons. The molecule has 1 N–H and O–H groups in total. The van der Waals surface area contributed by atoms with Crippen LogP contribution in [0.4, 0.5) is 0 Å². The monoisotopic (exact) mass is 479 g/mol. The van der Waals surface area contributed by atoms with Gasteiger partial charge in [-0.2, -0.15) is 0 Å². The maximum Gasteiger partial charge on any atom is 0.254 e. The molecule has 7 nitrogen and oxygen atoms in total. The Hall–Kier alpha value is -3.06. The highest BCUT2D eigenvalue weighted by atomic mass is 16.5. The molecule has 35 heavy (non-hydrogen) atoms. The average Bonchev–Trinajstić information content (AvgIpc) is 2.87. The van der Waals surface area contributed by atoms with Gasteiger partial charge < -0.3 is 24.6 Å². The number of carbonyl (C=O) groups excluding carboxylic acids is 2. The first-order valence-corrected chi connectivity index (χ1v) is 12.9. The second-order valence-corrected chi connectivity index (χ2v) is 8.94. The van der Waals surface area contributed by atoms with Gasteiger partial charge in [0, 0.05) is 25.2 Å². The molecule has 2 amide bonds. The summed E-state index contributed by atoms with van der Waals surface area (Å²) >= 11 is 0. The van der Waals surface area contributed by atoms with E-state index in [1.165, 1.54) is 0 Å². The molecule has 0 saturated carbocycles. The Balaban J connectivity index is 1.75. The van der Waals surface area contributed by atoms with Gasteiger partial charge in [0.2, 0.25) is 5.91 Å². The first-order chi connectivity index (χ1) is 17.0. The third-order valence-electron chi connectivity index (χ3n) is 7.09. The number of amides is 2. The molecule has 2 aliphatic rings. The highest BCUT2D eigenvalue weighted by molar-refractivity contribution is 6.01. The Morgan fingerprint density at radius 1 is 1.03 bits per heavy atom. The zero-order chi connectivity index (χ0) is 24.9. The van der Waals surface area contributed by atoms with Crippen molar-refractivity contribution >= 4 is 11.8 Å². The van der Waals surface area contributed by atoms with Crippen molar-refractivity contribution in [2.45, 2.75) is 46.1 Å². The fraction of sp³-hybridized carbons (Fsp3) is 0.500. The molecular weight excluding hydrogens is 442 g/mol. The molecule has 0 fully saturated rings. The molecule has 0 radical (unpaired) electrons. The lowest BCUT2D eigenvalue weighted by Gasteiger charge is -2.45. The Kier molecular flexibility index (Phi) is 7.96. The Bertz CT molecular complexity index is 1070. The summed E-state index contributed by atoms with van der Waals surface area (Å²) in [4.78, 5) is 31.4. The molecule has 0 aliphatic carbocycles. The maximum absolute atomic E-state index is 13.7. The van der Waals surface area contributed by atoms with Gasteiger partial charge in [0.25, 0.3) is 5.91 Å². The van der Waals surface area contributed by atoms with E-state index in [2.05, 4.69) is 24.1 Å². The minimum Gasteiger partial charge on any atom is -0.490 e. The second kappa shape index (κ2) is 11.1. The van der Waals surface area contributed by atoms with Gasteiger partial charge in [0.05, 0.1) is 25.2 Å². The van der Waals surface area contributed by atoms with Crippen LogP contribution in [-0.4, -0.2) is 67.6 Å². The summed E-state index contributed by atoms with van der Waals surface area (Å²) < 4.78 is 11.8. The summed E-state index contributed by atoms with van der Waals surface area (Å²) in [5.74, 6) is 0.806. The van der Waals surface area contributed by atoms with Crippen molar-refractivity contribution in [3.8, 4) is 11.5 Å². The van der Waals surface area contributed by atoms with Crippen LogP contribution in [0.1, 0.15) is 66.7 Å². The number of nitrogens with one attached hydrogen (secondary N) is 1. The van der Waals surface area contributed by atoms with Gasteiger partial charge in [-0.1, -0.05) is 32.0 Å². The number of hydrogen-bond donors (Lipinski definition) is 1. The van der Waals surface area contributed by atoms with Gasteiger partial charge in [-0.25, -0.2) is 0 Å². The molecule has 7 heteroatoms. The lowest BCUT2D eigenvalue weighted by molar-refractivity contribution is -0.124. The van der Waals surface area contributed by atoms with Crippen LogP contribution < -0.4 is 14.8 Å². The quantitative estimate of drug-likeness (QED) is 0.562. The van der Waals surface area contributed by atoms with Crippen LogP contribution in [0.5, 0.6) is 11.5 Å². The third kappa shape index (κ3) is 4.87. The van der Waals surface area contributed by atoms with E-state index in [1.807, 2.05) is 55.1 Å². The van der Waals surface area contributed by atoms with Crippen molar-refractivity contribution in [3.63, 3.8) is 0 Å². The minimum atomic E-state index is -0.493. The first-order valence-electron chi connectivity index (χ1n) is 12.9. The molecule has 2 aliphatic heterocycles. The minimum absolute atomic E-state index is 0.0183. The fourth-order valence-corrected chi connectivity index (χ4v) is 5.34. The summed E-state index contributed by atoms with van der Waals surface area (Å²) in [7, 11) is 0. The zero-order valence-electron chi connectivity index (χ0n) is 21.3. The molecule has 2 aromatic carbocycles. The molecule has 0 saturated heterocycles. The average molecular weight is 480 g/mol. The second-order valence-electron chi connectivity index (χ2n) is 8.94. The highest BCUT2D eigenvalue weighted by Gasteiger charge is 2.46. The maximum atomic E-state index is 13.7. The largest absolute Gasteiger partial charge is 0.490 e. The molecule has 0 aromatic heterocycles. The third-order valence-corrected chi connectivity index (χ3v) is 7.09. The Labute approximate surface area is 208 Å². The number of carbonyl (C=O) groups is 2. The number of nitrogens with zero attached hydrogens (tertiary/aromatic N) is 2. The number of ether oxygens (including phenoxy) is 2. The molecule has 2 aromatic rings. The van der Waals surface area contributed by atoms with E-state index in [0.29, 0.717) is 49.8 Å². The van der Waals surface area contributed by atoms with E-state index in [0.717, 1.165) is 36.3 Å². The number of rotatable bonds is 10. The van der Waals surface area contributed by atoms with Crippen LogP contribution in [0.15, 0.2) is 36.4 Å². The van der Waals surface area contributed by atoms with Crippen LogP contribution in [0.25, 0.3) is 0 Å². The summed E-state index contributed by atoms with van der Waals surface area (Å²) in [6.07, 6.45) is 0.711. The van der Waals surface area contributed by atoms with Gasteiger partial charge in [0.15, 0.2) is 11.5 Å². The molecular formula is C28H37N3O4. The van der Waals surface area contributed by atoms with E-state index >= 15 is 0 Å². The van der Waals surface area contributed by atoms with E-state index in [1.54, 1.807) is 0 Å². The number of benzene rings is 2. The Morgan fingerprint density at radius 2 is 1.71 bits per heavy atom. The molecule has 0 bridgehead atoms. The topological polar surface area (TPSA) is 71.1 Å². The van der Waals surface area contributed by atoms with Gasteiger partial charge in [0.1, 0.15) is 0 Å². The van der Waals surface area contributed by atoms with Gasteiger partial charge >= 0.3 is 0 Å². The van der Waals surface area contributed by atoms with Crippen LogP contribution in [0.2, 0.25) is 0 Å². The first kappa shape index (κ1) is 25.0. The number of hydrogen-bond acceptors (Lipinski definition) is 5. The van der Waals surface area contributed by atoms with Gasteiger partial charge in [-0.3, -0.25) is 9.59 Å². The molecule has 2 atom stereocenters. The van der Waals surface area contributed by atoms with Crippen LogP contribution in [0.3, 0.4) is 0 Å². The SMILES string of the molecule is CCOc1cc2c(cc1OCC)[C@@H]1[C@H](C(=O)NCCN(CC)CC)c3ccccc3C(=O)N1CC2. The van der Waals surface area contributed by atoms with Crippen molar-refractivity contribution < 1.29 is 19.1 Å². The molecule has 0 unspecified atom stereocenters. The smallest absolute Gasteiger partial charge is 0.254 e. The van der Waals surface area contributed by atoms with E-state index < -0.39 is 5.92 Å².